The number of amides is 1. The number of amidine groups is 1. The lowest BCUT2D eigenvalue weighted by Crippen LogP contribution is -2.32. The Morgan fingerprint density at radius 3 is 2.72 bits per heavy atom. The summed E-state index contributed by atoms with van der Waals surface area (Å²) in [7, 11) is 0. The van der Waals surface area contributed by atoms with Gasteiger partial charge in [0, 0.05) is 12.1 Å². The number of carboxylic acid groups (broad SMARTS) is 1. The van der Waals surface area contributed by atoms with Gasteiger partial charge in [0.15, 0.2) is 0 Å². The van der Waals surface area contributed by atoms with Gasteiger partial charge in [-0.15, -0.1) is 0 Å². The number of aliphatic imine (C=N–C) groups is 1. The van der Waals surface area contributed by atoms with Crippen molar-refractivity contribution in [3.8, 4) is 0 Å². The predicted octanol–water partition coefficient (Wildman–Crippen LogP) is 2.28. The average molecular weight is 258 g/mol. The van der Waals surface area contributed by atoms with Gasteiger partial charge in [0.05, 0.1) is 5.56 Å². The first-order chi connectivity index (χ1) is 8.38. The Labute approximate surface area is 100 Å². The van der Waals surface area contributed by atoms with E-state index in [0.29, 0.717) is 17.5 Å². The number of hydrogen-bond acceptors (Lipinski definition) is 2. The maximum absolute atomic E-state index is 12.5. The van der Waals surface area contributed by atoms with Crippen molar-refractivity contribution in [2.45, 2.75) is 12.6 Å². The first-order valence-corrected chi connectivity index (χ1v) is 5.13. The van der Waals surface area contributed by atoms with E-state index in [1.807, 2.05) is 0 Å². The minimum absolute atomic E-state index is 0.0949. The van der Waals surface area contributed by atoms with Crippen molar-refractivity contribution < 1.29 is 23.1 Å². The second-order valence-corrected chi connectivity index (χ2v) is 3.78. The smallest absolute Gasteiger partial charge is 0.416 e. The van der Waals surface area contributed by atoms with Gasteiger partial charge in [0.25, 0.3) is 0 Å². The Balaban J connectivity index is 2.39. The van der Waals surface area contributed by atoms with Crippen LogP contribution in [0.3, 0.4) is 0 Å². The van der Waals surface area contributed by atoms with Crippen molar-refractivity contribution in [3.05, 3.63) is 34.9 Å². The highest BCUT2D eigenvalue weighted by Crippen LogP contribution is 2.31. The lowest BCUT2D eigenvalue weighted by atomic mass is 9.98. The summed E-state index contributed by atoms with van der Waals surface area (Å²) in [6.45, 7) is 0.268. The van der Waals surface area contributed by atoms with Crippen LogP contribution < -0.4 is 5.32 Å². The summed E-state index contributed by atoms with van der Waals surface area (Å²) in [5, 5.41) is 10.7. The third kappa shape index (κ3) is 2.44. The number of carbonyl (C=O) groups is 1. The molecule has 0 aliphatic carbocycles. The summed E-state index contributed by atoms with van der Waals surface area (Å²) in [5.74, 6) is 0.0949. The molecule has 1 aliphatic rings. The number of fused-ring (bicyclic) bond motifs is 1. The van der Waals surface area contributed by atoms with Gasteiger partial charge in [-0.05, 0) is 24.1 Å². The van der Waals surface area contributed by atoms with E-state index in [-0.39, 0.29) is 12.4 Å². The standard InChI is InChI=1S/C11H9F3N2O2/c12-11(13,14)7-1-2-8-6(5-7)3-4-15-9(8)16-10(17)18/h1-2,5H,3-4H2,(H,15,16)(H,17,18). The van der Waals surface area contributed by atoms with Gasteiger partial charge in [-0.2, -0.15) is 13.2 Å². The lowest BCUT2D eigenvalue weighted by molar-refractivity contribution is -0.137. The van der Waals surface area contributed by atoms with Gasteiger partial charge in [-0.1, -0.05) is 6.07 Å². The number of hydrogen-bond donors (Lipinski definition) is 2. The molecule has 1 amide bonds. The maximum atomic E-state index is 12.5. The summed E-state index contributed by atoms with van der Waals surface area (Å²) < 4.78 is 37.6. The zero-order valence-corrected chi connectivity index (χ0v) is 9.08. The summed E-state index contributed by atoms with van der Waals surface area (Å²) >= 11 is 0. The number of rotatable bonds is 0. The highest BCUT2D eigenvalue weighted by atomic mass is 19.4. The molecule has 96 valence electrons. The fraction of sp³-hybridized carbons (Fsp3) is 0.273. The van der Waals surface area contributed by atoms with Crippen LogP contribution in [0, 0.1) is 0 Å². The molecule has 1 aromatic rings. The highest BCUT2D eigenvalue weighted by molar-refractivity contribution is 6.07. The van der Waals surface area contributed by atoms with Crippen molar-refractivity contribution in [2.24, 2.45) is 4.99 Å². The molecule has 1 heterocycles. The Hall–Kier alpha value is -2.05. The molecular formula is C11H9F3N2O2. The van der Waals surface area contributed by atoms with E-state index >= 15 is 0 Å². The quantitative estimate of drug-likeness (QED) is 0.749. The monoisotopic (exact) mass is 258 g/mol. The fourth-order valence-electron chi connectivity index (χ4n) is 1.79. The molecule has 18 heavy (non-hydrogen) atoms. The van der Waals surface area contributed by atoms with E-state index in [1.165, 1.54) is 6.07 Å². The van der Waals surface area contributed by atoms with Gasteiger partial charge in [0.1, 0.15) is 5.84 Å². The maximum Gasteiger partial charge on any atom is 0.416 e. The molecule has 0 saturated heterocycles. The third-order valence-electron chi connectivity index (χ3n) is 2.56. The van der Waals surface area contributed by atoms with Crippen LogP contribution in [0.25, 0.3) is 0 Å². The second kappa shape index (κ2) is 4.32. The lowest BCUT2D eigenvalue weighted by Gasteiger charge is -2.18. The largest absolute Gasteiger partial charge is 0.465 e. The van der Waals surface area contributed by atoms with E-state index in [4.69, 9.17) is 5.11 Å². The summed E-state index contributed by atoms with van der Waals surface area (Å²) in [6.07, 6.45) is -5.32. The minimum Gasteiger partial charge on any atom is -0.465 e. The van der Waals surface area contributed by atoms with Crippen molar-refractivity contribution >= 4 is 11.9 Å². The first kappa shape index (κ1) is 12.4. The van der Waals surface area contributed by atoms with E-state index in [0.717, 1.165) is 12.1 Å². The molecule has 0 radical (unpaired) electrons. The third-order valence-corrected chi connectivity index (χ3v) is 2.56. The van der Waals surface area contributed by atoms with E-state index in [9.17, 15) is 18.0 Å². The van der Waals surface area contributed by atoms with E-state index < -0.39 is 17.8 Å². The molecule has 7 heteroatoms. The van der Waals surface area contributed by atoms with Gasteiger partial charge in [-0.25, -0.2) is 4.79 Å². The molecule has 0 aromatic heterocycles. The molecule has 0 fully saturated rings. The molecule has 1 aromatic carbocycles. The predicted molar refractivity (Wildman–Crippen MR) is 57.7 cm³/mol. The summed E-state index contributed by atoms with van der Waals surface area (Å²) in [5.41, 5.74) is 0.109. The Bertz CT molecular complexity index is 524. The zero-order valence-electron chi connectivity index (χ0n) is 9.08. The molecule has 2 rings (SSSR count). The van der Waals surface area contributed by atoms with Gasteiger partial charge < -0.3 is 5.11 Å². The van der Waals surface area contributed by atoms with Crippen molar-refractivity contribution in [1.82, 2.24) is 5.32 Å². The molecule has 0 bridgehead atoms. The van der Waals surface area contributed by atoms with Gasteiger partial charge in [-0.3, -0.25) is 10.3 Å². The zero-order chi connectivity index (χ0) is 13.3. The van der Waals surface area contributed by atoms with E-state index in [1.54, 1.807) is 0 Å². The number of nitrogens with zero attached hydrogens (tertiary/aromatic N) is 1. The van der Waals surface area contributed by atoms with Crippen LogP contribution in [-0.4, -0.2) is 23.6 Å². The first-order valence-electron chi connectivity index (χ1n) is 5.13. The van der Waals surface area contributed by atoms with Crippen molar-refractivity contribution in [2.75, 3.05) is 6.54 Å². The van der Waals surface area contributed by atoms with Crippen LogP contribution in [0.15, 0.2) is 23.2 Å². The van der Waals surface area contributed by atoms with Crippen LogP contribution in [0.1, 0.15) is 16.7 Å². The Morgan fingerprint density at radius 1 is 1.39 bits per heavy atom. The molecule has 0 atom stereocenters. The summed E-state index contributed by atoms with van der Waals surface area (Å²) in [6, 6.07) is 3.20. The van der Waals surface area contributed by atoms with Crippen LogP contribution in [0.2, 0.25) is 0 Å². The molecule has 1 aliphatic heterocycles. The van der Waals surface area contributed by atoms with E-state index in [2.05, 4.69) is 10.3 Å². The van der Waals surface area contributed by atoms with Crippen LogP contribution >= 0.6 is 0 Å². The highest BCUT2D eigenvalue weighted by Gasteiger charge is 2.31. The normalized spacial score (nSPS) is 14.7. The van der Waals surface area contributed by atoms with Gasteiger partial charge >= 0.3 is 12.3 Å². The molecule has 4 nitrogen and oxygen atoms in total. The van der Waals surface area contributed by atoms with Crippen LogP contribution in [0.5, 0.6) is 0 Å². The average Bonchev–Trinajstić information content (AvgIpc) is 2.27. The van der Waals surface area contributed by atoms with Crippen molar-refractivity contribution in [3.63, 3.8) is 0 Å². The van der Waals surface area contributed by atoms with Crippen LogP contribution in [-0.2, 0) is 12.6 Å². The molecule has 0 saturated carbocycles. The number of halogens is 3. The van der Waals surface area contributed by atoms with Crippen molar-refractivity contribution in [1.29, 1.82) is 0 Å². The fourth-order valence-corrected chi connectivity index (χ4v) is 1.79. The minimum atomic E-state index is -4.40. The Morgan fingerprint density at radius 2 is 2.11 bits per heavy atom. The second-order valence-electron chi connectivity index (χ2n) is 3.78. The molecule has 0 unspecified atom stereocenters. The molecule has 2 N–H and O–H groups in total. The van der Waals surface area contributed by atoms with Crippen LogP contribution in [0.4, 0.5) is 18.0 Å². The topological polar surface area (TPSA) is 61.7 Å². The SMILES string of the molecule is O=C(O)NC1=NCCc2cc(C(F)(F)F)ccc21. The van der Waals surface area contributed by atoms with Gasteiger partial charge in [0.2, 0.25) is 0 Å². The Kier molecular flexibility index (Phi) is 2.98. The number of benzene rings is 1. The summed E-state index contributed by atoms with van der Waals surface area (Å²) in [4.78, 5) is 14.5. The molecule has 0 spiro atoms. The molecular weight excluding hydrogens is 249 g/mol. The number of alkyl halides is 3. The number of nitrogens with one attached hydrogen (secondary N) is 1.